The maximum absolute atomic E-state index is 13.3. The van der Waals surface area contributed by atoms with Crippen LogP contribution in [0.4, 0.5) is 23.2 Å². The van der Waals surface area contributed by atoms with E-state index in [1.165, 1.54) is 27.8 Å². The summed E-state index contributed by atoms with van der Waals surface area (Å²) in [4.78, 5) is 20.2. The molecule has 1 aliphatic heterocycles. The van der Waals surface area contributed by atoms with E-state index in [-0.39, 0.29) is 34.7 Å². The lowest BCUT2D eigenvalue weighted by Crippen LogP contribution is -2.53. The highest BCUT2D eigenvalue weighted by Gasteiger charge is 2.50. The molecule has 3 fully saturated rings. The number of nitrogens with zero attached hydrogens (tertiary/aromatic N) is 7. The van der Waals surface area contributed by atoms with Gasteiger partial charge in [-0.25, -0.2) is 31.0 Å². The second-order valence-electron chi connectivity index (χ2n) is 10.2. The zero-order chi connectivity index (χ0) is 28.4. The third kappa shape index (κ3) is 4.77. The van der Waals surface area contributed by atoms with Crippen LogP contribution in [0.5, 0.6) is 0 Å². The summed E-state index contributed by atoms with van der Waals surface area (Å²) in [6, 6.07) is 3.42. The van der Waals surface area contributed by atoms with Gasteiger partial charge >= 0.3 is 0 Å². The Hall–Kier alpha value is -3.36. The Morgan fingerprint density at radius 3 is 2.45 bits per heavy atom. The predicted molar refractivity (Wildman–Crippen MR) is 133 cm³/mol. The lowest BCUT2D eigenvalue weighted by molar-refractivity contribution is -0.160. The van der Waals surface area contributed by atoms with Crippen molar-refractivity contribution in [2.24, 2.45) is 5.92 Å². The van der Waals surface area contributed by atoms with Crippen LogP contribution < -0.4 is 9.62 Å². The molecule has 3 aliphatic rings. The molecule has 0 aromatic carbocycles. The standard InChI is InChI=1S/C23H22F4N8O3S2/c24-17(25)19-30-31-20(39-19)18-29-10-16-15(7-14(11-35(16)18)40(37,38)32-22(12-28)1-2-22)33-3-5-34(6-4-33)21(36)13-8-23(26,27)9-13/h7,10-11,13,17,32H,1-6,8-9H2. The predicted octanol–water partition coefficient (Wildman–Crippen LogP) is 2.82. The Kier molecular flexibility index (Phi) is 6.27. The number of aromatic nitrogens is 4. The van der Waals surface area contributed by atoms with Crippen LogP contribution in [0.2, 0.25) is 0 Å². The van der Waals surface area contributed by atoms with Gasteiger partial charge in [-0.1, -0.05) is 11.3 Å². The van der Waals surface area contributed by atoms with Gasteiger partial charge in [0.2, 0.25) is 21.9 Å². The number of rotatable bonds is 7. The molecule has 212 valence electrons. The second kappa shape index (κ2) is 9.35. The van der Waals surface area contributed by atoms with E-state index in [1.54, 1.807) is 0 Å². The first-order chi connectivity index (χ1) is 18.9. The Morgan fingerprint density at radius 1 is 1.18 bits per heavy atom. The van der Waals surface area contributed by atoms with E-state index in [0.29, 0.717) is 48.5 Å². The Morgan fingerprint density at radius 2 is 1.88 bits per heavy atom. The molecular weight excluding hydrogens is 576 g/mol. The third-order valence-corrected chi connectivity index (χ3v) is 9.82. The molecule has 0 radical (unpaired) electrons. The van der Waals surface area contributed by atoms with Gasteiger partial charge in [0.25, 0.3) is 6.43 Å². The third-order valence-electron chi connectivity index (χ3n) is 7.39. The number of carbonyl (C=O) groups is 1. The minimum absolute atomic E-state index is 0.0622. The number of hydrogen-bond acceptors (Lipinski definition) is 9. The number of nitriles is 1. The molecule has 40 heavy (non-hydrogen) atoms. The number of piperazine rings is 1. The van der Waals surface area contributed by atoms with Gasteiger partial charge in [-0.15, -0.1) is 10.2 Å². The van der Waals surface area contributed by atoms with E-state index in [0.717, 1.165) is 0 Å². The van der Waals surface area contributed by atoms with Crippen LogP contribution in [0.3, 0.4) is 0 Å². The highest BCUT2D eigenvalue weighted by Crippen LogP contribution is 2.43. The average molecular weight is 599 g/mol. The Balaban J connectivity index is 1.34. The van der Waals surface area contributed by atoms with Gasteiger partial charge in [-0.05, 0) is 18.9 Å². The summed E-state index contributed by atoms with van der Waals surface area (Å²) in [7, 11) is -4.18. The summed E-state index contributed by atoms with van der Waals surface area (Å²) in [6.45, 7) is 1.07. The zero-order valence-electron chi connectivity index (χ0n) is 20.7. The number of amides is 1. The molecule has 2 saturated carbocycles. The molecule has 3 aromatic heterocycles. The second-order valence-corrected chi connectivity index (χ2v) is 12.9. The van der Waals surface area contributed by atoms with Crippen molar-refractivity contribution in [1.29, 1.82) is 5.26 Å². The molecule has 2 aliphatic carbocycles. The van der Waals surface area contributed by atoms with E-state index < -0.39 is 51.7 Å². The molecule has 11 nitrogen and oxygen atoms in total. The first-order valence-corrected chi connectivity index (χ1v) is 14.7. The number of imidazole rings is 1. The normalized spacial score (nSPS) is 20.5. The number of anilines is 1. The van der Waals surface area contributed by atoms with E-state index in [9.17, 15) is 36.0 Å². The molecule has 17 heteroatoms. The molecule has 0 unspecified atom stereocenters. The number of hydrogen-bond donors (Lipinski definition) is 1. The van der Waals surface area contributed by atoms with E-state index >= 15 is 0 Å². The molecule has 1 amide bonds. The fourth-order valence-electron chi connectivity index (χ4n) is 4.97. The van der Waals surface area contributed by atoms with Crippen LogP contribution in [-0.4, -0.2) is 76.4 Å². The van der Waals surface area contributed by atoms with Gasteiger partial charge in [0.15, 0.2) is 15.8 Å². The van der Waals surface area contributed by atoms with Crippen molar-refractivity contribution in [3.8, 4) is 16.9 Å². The summed E-state index contributed by atoms with van der Waals surface area (Å²) in [5, 5.41) is 16.3. The van der Waals surface area contributed by atoms with Gasteiger partial charge in [0.1, 0.15) is 10.4 Å². The Bertz CT molecular complexity index is 1630. The molecule has 1 N–H and O–H groups in total. The SMILES string of the molecule is N#CC1(NS(=O)(=O)c2cc(N3CCN(C(=O)C4CC(F)(F)C4)CC3)c3cnc(-c4nnc(C(F)F)s4)n3c2)CC1. The summed E-state index contributed by atoms with van der Waals surface area (Å²) in [5.41, 5.74) is -0.270. The summed E-state index contributed by atoms with van der Waals surface area (Å²) < 4.78 is 83.4. The average Bonchev–Trinajstić information content (AvgIpc) is 3.29. The highest BCUT2D eigenvalue weighted by atomic mass is 32.2. The number of pyridine rings is 1. The van der Waals surface area contributed by atoms with Crippen molar-refractivity contribution >= 4 is 38.5 Å². The fourth-order valence-corrected chi connectivity index (χ4v) is 7.05. The smallest absolute Gasteiger partial charge is 0.291 e. The maximum atomic E-state index is 13.3. The number of carbonyl (C=O) groups excluding carboxylic acids is 1. The van der Waals surface area contributed by atoms with Crippen molar-refractivity contribution in [1.82, 2.24) is 29.2 Å². The van der Waals surface area contributed by atoms with Crippen molar-refractivity contribution in [3.05, 3.63) is 23.5 Å². The van der Waals surface area contributed by atoms with Gasteiger partial charge < -0.3 is 9.80 Å². The van der Waals surface area contributed by atoms with Crippen molar-refractivity contribution in [2.45, 2.75) is 48.5 Å². The van der Waals surface area contributed by atoms with Gasteiger partial charge in [0.05, 0.1) is 23.5 Å². The number of alkyl halides is 4. The zero-order valence-corrected chi connectivity index (χ0v) is 22.4. The van der Waals surface area contributed by atoms with Crippen molar-refractivity contribution < 1.29 is 30.8 Å². The minimum atomic E-state index is -4.18. The van der Waals surface area contributed by atoms with Crippen molar-refractivity contribution in [2.75, 3.05) is 31.1 Å². The number of sulfonamides is 1. The molecule has 4 heterocycles. The number of halogens is 4. The van der Waals surface area contributed by atoms with E-state index in [1.807, 2.05) is 11.0 Å². The summed E-state index contributed by atoms with van der Waals surface area (Å²) in [6.07, 6.45) is -0.251. The number of nitrogens with one attached hydrogen (secondary N) is 1. The van der Waals surface area contributed by atoms with Crippen LogP contribution in [0, 0.1) is 17.2 Å². The molecule has 0 atom stereocenters. The summed E-state index contributed by atoms with van der Waals surface area (Å²) >= 11 is 0.631. The molecule has 6 rings (SSSR count). The quantitative estimate of drug-likeness (QED) is 0.410. The van der Waals surface area contributed by atoms with Crippen LogP contribution in [0.1, 0.15) is 37.1 Å². The fraction of sp³-hybridized carbons (Fsp3) is 0.522. The molecular formula is C23H22F4N8O3S2. The van der Waals surface area contributed by atoms with Crippen LogP contribution >= 0.6 is 11.3 Å². The first kappa shape index (κ1) is 26.8. The van der Waals surface area contributed by atoms with Gasteiger partial charge in [-0.3, -0.25) is 9.20 Å². The highest BCUT2D eigenvalue weighted by molar-refractivity contribution is 7.89. The first-order valence-electron chi connectivity index (χ1n) is 12.4. The minimum Gasteiger partial charge on any atom is -0.366 e. The topological polar surface area (TPSA) is 137 Å². The molecule has 3 aromatic rings. The summed E-state index contributed by atoms with van der Waals surface area (Å²) in [5.74, 6) is -3.72. The van der Waals surface area contributed by atoms with E-state index in [4.69, 9.17) is 0 Å². The van der Waals surface area contributed by atoms with Crippen LogP contribution in [-0.2, 0) is 14.8 Å². The van der Waals surface area contributed by atoms with Crippen molar-refractivity contribution in [3.63, 3.8) is 0 Å². The van der Waals surface area contributed by atoms with Gasteiger partial charge in [0, 0.05) is 51.1 Å². The molecule has 0 spiro atoms. The molecule has 1 saturated heterocycles. The van der Waals surface area contributed by atoms with Crippen LogP contribution in [0.25, 0.3) is 16.3 Å². The Labute approximate surface area is 229 Å². The lowest BCUT2D eigenvalue weighted by Gasteiger charge is -2.41. The number of fused-ring (bicyclic) bond motifs is 1. The monoisotopic (exact) mass is 598 g/mol. The lowest BCUT2D eigenvalue weighted by atomic mass is 9.80. The largest absolute Gasteiger partial charge is 0.366 e. The molecule has 0 bridgehead atoms. The van der Waals surface area contributed by atoms with Gasteiger partial charge in [-0.2, -0.15) is 9.98 Å². The maximum Gasteiger partial charge on any atom is 0.291 e. The van der Waals surface area contributed by atoms with Crippen LogP contribution in [0.15, 0.2) is 23.4 Å². The van der Waals surface area contributed by atoms with E-state index in [2.05, 4.69) is 19.9 Å².